The summed E-state index contributed by atoms with van der Waals surface area (Å²) in [7, 11) is -1.37. The molecule has 0 unspecified atom stereocenters. The molecule has 10 nitrogen and oxygen atoms in total. The zero-order chi connectivity index (χ0) is 29.2. The summed E-state index contributed by atoms with van der Waals surface area (Å²) in [6.07, 6.45) is 0. The summed E-state index contributed by atoms with van der Waals surface area (Å²) in [6.45, 7) is 0.970. The van der Waals surface area contributed by atoms with E-state index in [0.29, 0.717) is 17.1 Å². The van der Waals surface area contributed by atoms with Crippen molar-refractivity contribution in [1.82, 2.24) is 9.36 Å². The van der Waals surface area contributed by atoms with Crippen LogP contribution in [0, 0.1) is 6.92 Å². The van der Waals surface area contributed by atoms with Crippen LogP contribution in [0.1, 0.15) is 16.1 Å². The maximum Gasteiger partial charge on any atom is 0.338 e. The summed E-state index contributed by atoms with van der Waals surface area (Å²) in [6, 6.07) is 19.5. The molecule has 1 N–H and O–H groups in total. The molecule has 208 valence electrons. The van der Waals surface area contributed by atoms with Gasteiger partial charge >= 0.3 is 5.97 Å². The molecular formula is C27H24Cl2N4O6S. The lowest BCUT2D eigenvalue weighted by Gasteiger charge is -2.17. The number of amides is 1. The van der Waals surface area contributed by atoms with Gasteiger partial charge in [-0.3, -0.25) is 19.0 Å². The number of halogens is 2. The number of rotatable bonds is 8. The molecule has 0 atom stereocenters. The Morgan fingerprint density at radius 2 is 1.60 bits per heavy atom. The van der Waals surface area contributed by atoms with E-state index in [1.807, 2.05) is 0 Å². The molecule has 13 heteroatoms. The number of hydrogen-bond donors (Lipinski definition) is 1. The Labute approximate surface area is 240 Å². The third kappa shape index (κ3) is 5.76. The second kappa shape index (κ2) is 11.6. The molecule has 0 saturated heterocycles. The zero-order valence-electron chi connectivity index (χ0n) is 21.6. The summed E-state index contributed by atoms with van der Waals surface area (Å²) < 4.78 is 37.0. The summed E-state index contributed by atoms with van der Waals surface area (Å²) in [4.78, 5) is 39.2. The fourth-order valence-corrected chi connectivity index (χ4v) is 5.79. The Bertz CT molecular complexity index is 1750. The van der Waals surface area contributed by atoms with Gasteiger partial charge in [-0.2, -0.15) is 0 Å². The highest BCUT2D eigenvalue weighted by atomic mass is 35.5. The number of ether oxygens (including phenoxy) is 1. The monoisotopic (exact) mass is 602 g/mol. The van der Waals surface area contributed by atoms with Gasteiger partial charge in [-0.05, 0) is 43.3 Å². The number of benzene rings is 3. The van der Waals surface area contributed by atoms with Crippen LogP contribution in [0.4, 0.5) is 11.4 Å². The first-order chi connectivity index (χ1) is 18.9. The van der Waals surface area contributed by atoms with Crippen molar-refractivity contribution in [3.63, 3.8) is 0 Å². The molecule has 40 heavy (non-hydrogen) atoms. The lowest BCUT2D eigenvalue weighted by Crippen LogP contribution is -2.31. The van der Waals surface area contributed by atoms with Crippen LogP contribution < -0.4 is 15.2 Å². The van der Waals surface area contributed by atoms with E-state index in [-0.39, 0.29) is 21.3 Å². The highest BCUT2D eigenvalue weighted by Gasteiger charge is 2.27. The van der Waals surface area contributed by atoms with Gasteiger partial charge in [0.2, 0.25) is 0 Å². The first kappa shape index (κ1) is 28.9. The Kier molecular flexibility index (Phi) is 8.38. The lowest BCUT2D eigenvalue weighted by molar-refractivity contribution is -0.121. The minimum atomic E-state index is -4.51. The average molecular weight is 603 g/mol. The van der Waals surface area contributed by atoms with Crippen LogP contribution in [0.2, 0.25) is 10.0 Å². The first-order valence-corrected chi connectivity index (χ1v) is 14.0. The van der Waals surface area contributed by atoms with E-state index in [9.17, 15) is 22.8 Å². The van der Waals surface area contributed by atoms with E-state index in [2.05, 4.69) is 4.72 Å². The van der Waals surface area contributed by atoms with Gasteiger partial charge in [0.15, 0.2) is 6.61 Å². The molecule has 0 aliphatic heterocycles. The smallest absolute Gasteiger partial charge is 0.338 e. The Morgan fingerprint density at radius 3 is 2.23 bits per heavy atom. The predicted molar refractivity (Wildman–Crippen MR) is 153 cm³/mol. The van der Waals surface area contributed by atoms with Crippen molar-refractivity contribution >= 4 is 56.5 Å². The fraction of sp³-hybridized carbons (Fsp3) is 0.148. The molecule has 1 aromatic heterocycles. The van der Waals surface area contributed by atoms with E-state index < -0.39 is 39.0 Å². The highest BCUT2D eigenvalue weighted by Crippen LogP contribution is 2.32. The molecule has 4 rings (SSSR count). The van der Waals surface area contributed by atoms with Crippen LogP contribution >= 0.6 is 23.2 Å². The summed E-state index contributed by atoms with van der Waals surface area (Å²) >= 11 is 12.4. The fourth-order valence-electron chi connectivity index (χ4n) is 3.86. The summed E-state index contributed by atoms with van der Waals surface area (Å²) in [5.74, 6) is -1.50. The van der Waals surface area contributed by atoms with Gasteiger partial charge in [0.25, 0.3) is 21.5 Å². The van der Waals surface area contributed by atoms with Crippen LogP contribution in [0.3, 0.4) is 0 Å². The van der Waals surface area contributed by atoms with Gasteiger partial charge in [-0.15, -0.1) is 0 Å². The molecule has 1 heterocycles. The van der Waals surface area contributed by atoms with Crippen molar-refractivity contribution in [3.8, 4) is 5.69 Å². The van der Waals surface area contributed by atoms with Gasteiger partial charge in [-0.1, -0.05) is 59.6 Å². The molecule has 0 spiro atoms. The van der Waals surface area contributed by atoms with Gasteiger partial charge < -0.3 is 9.64 Å². The SMILES string of the molecule is Cc1c(NS(=O)(=O)c2cc(C(=O)OCC(=O)N(C)c3ccccc3)cc(Cl)c2Cl)c(=O)n(-c2ccccc2)n1C. The second-order valence-electron chi connectivity index (χ2n) is 8.68. The third-order valence-corrected chi connectivity index (χ3v) is 8.44. The second-order valence-corrected chi connectivity index (χ2v) is 11.1. The van der Waals surface area contributed by atoms with Crippen LogP contribution in [-0.2, 0) is 26.6 Å². The van der Waals surface area contributed by atoms with Gasteiger partial charge in [0.05, 0.1) is 27.0 Å². The third-order valence-electron chi connectivity index (χ3n) is 6.16. The molecule has 0 bridgehead atoms. The largest absolute Gasteiger partial charge is 0.452 e. The van der Waals surface area contributed by atoms with Crippen molar-refractivity contribution in [3.05, 3.63) is 104 Å². The number of nitrogens with zero attached hydrogens (tertiary/aromatic N) is 3. The molecular weight excluding hydrogens is 579 g/mol. The van der Waals surface area contributed by atoms with Crippen molar-refractivity contribution in [2.75, 3.05) is 23.3 Å². The Morgan fingerprint density at radius 1 is 1.00 bits per heavy atom. The molecule has 0 radical (unpaired) electrons. The van der Waals surface area contributed by atoms with Crippen molar-refractivity contribution in [2.24, 2.45) is 7.05 Å². The van der Waals surface area contributed by atoms with Crippen molar-refractivity contribution < 1.29 is 22.7 Å². The normalized spacial score (nSPS) is 11.2. The number of hydrogen-bond acceptors (Lipinski definition) is 6. The number of para-hydroxylation sites is 2. The summed E-state index contributed by atoms with van der Waals surface area (Å²) in [5, 5.41) is -0.599. The van der Waals surface area contributed by atoms with Crippen molar-refractivity contribution in [2.45, 2.75) is 11.8 Å². The number of nitrogens with one attached hydrogen (secondary N) is 1. The quantitative estimate of drug-likeness (QED) is 0.298. The molecule has 0 aliphatic carbocycles. The molecule has 4 aromatic rings. The number of anilines is 2. The van der Waals surface area contributed by atoms with Gasteiger partial charge in [0, 0.05) is 19.8 Å². The van der Waals surface area contributed by atoms with Gasteiger partial charge in [-0.25, -0.2) is 17.9 Å². The molecule has 0 fully saturated rings. The number of carbonyl (C=O) groups is 2. The van der Waals surface area contributed by atoms with E-state index >= 15 is 0 Å². The first-order valence-electron chi connectivity index (χ1n) is 11.8. The van der Waals surface area contributed by atoms with Gasteiger partial charge in [0.1, 0.15) is 10.6 Å². The van der Waals surface area contributed by atoms with E-state index in [1.54, 1.807) is 74.6 Å². The molecule has 0 aliphatic rings. The zero-order valence-corrected chi connectivity index (χ0v) is 23.9. The standard InChI is InChI=1S/C27H24Cl2N4O6S/c1-17-25(26(35)33(32(17)3)20-12-8-5-9-13-20)30-40(37,38)22-15-18(14-21(28)24(22)29)27(36)39-16-23(34)31(2)19-10-6-4-7-11-19/h4-15,30H,16H2,1-3H3. The van der Waals surface area contributed by atoms with E-state index in [4.69, 9.17) is 27.9 Å². The Balaban J connectivity index is 1.60. The van der Waals surface area contributed by atoms with Crippen LogP contribution in [0.5, 0.6) is 0 Å². The average Bonchev–Trinajstić information content (AvgIpc) is 3.15. The van der Waals surface area contributed by atoms with Crippen LogP contribution in [0.25, 0.3) is 5.69 Å². The minimum absolute atomic E-state index is 0.207. The Hall–Kier alpha value is -4.06. The number of esters is 1. The maximum absolute atomic E-state index is 13.4. The number of carbonyl (C=O) groups excluding carboxylic acids is 2. The highest BCUT2D eigenvalue weighted by molar-refractivity contribution is 7.92. The van der Waals surface area contributed by atoms with E-state index in [0.717, 1.165) is 12.1 Å². The van der Waals surface area contributed by atoms with Crippen LogP contribution in [-0.4, -0.2) is 43.3 Å². The lowest BCUT2D eigenvalue weighted by atomic mass is 10.2. The van der Waals surface area contributed by atoms with Crippen molar-refractivity contribution in [1.29, 1.82) is 0 Å². The number of likely N-dealkylation sites (N-methyl/N-ethyl adjacent to an activating group) is 1. The number of aromatic nitrogens is 2. The molecule has 0 saturated carbocycles. The molecule has 3 aromatic carbocycles. The van der Waals surface area contributed by atoms with E-state index in [1.165, 1.54) is 21.3 Å². The summed E-state index contributed by atoms with van der Waals surface area (Å²) in [5.41, 5.74) is 0.379. The predicted octanol–water partition coefficient (Wildman–Crippen LogP) is 4.41. The molecule has 1 amide bonds. The topological polar surface area (TPSA) is 120 Å². The van der Waals surface area contributed by atoms with Crippen LogP contribution in [0.15, 0.2) is 82.5 Å². The minimum Gasteiger partial charge on any atom is -0.452 e. The maximum atomic E-state index is 13.4. The number of sulfonamides is 1.